The number of methoxy groups -OCH3 is 1. The van der Waals surface area contributed by atoms with E-state index in [1.165, 1.54) is 17.5 Å². The van der Waals surface area contributed by atoms with Gasteiger partial charge in [0.2, 0.25) is 10.0 Å². The fraction of sp³-hybridized carbons (Fsp3) is 0.444. The first kappa shape index (κ1) is 13.9. The number of esters is 1. The van der Waals surface area contributed by atoms with E-state index in [2.05, 4.69) is 20.7 Å². The van der Waals surface area contributed by atoms with Gasteiger partial charge in [-0.2, -0.15) is 4.31 Å². The lowest BCUT2D eigenvalue weighted by molar-refractivity contribution is 0.0606. The molecule has 2 rings (SSSR count). The Bertz CT molecular complexity index is 577. The highest BCUT2D eigenvalue weighted by molar-refractivity contribution is 9.11. The van der Waals surface area contributed by atoms with Gasteiger partial charge in [-0.25, -0.2) is 13.2 Å². The topological polar surface area (TPSA) is 89.7 Å². The molecular formula is C9H11BrN2O4S2. The van der Waals surface area contributed by atoms with E-state index in [-0.39, 0.29) is 15.8 Å². The van der Waals surface area contributed by atoms with Crippen molar-refractivity contribution in [3.8, 4) is 0 Å². The zero-order chi connectivity index (χ0) is 13.5. The van der Waals surface area contributed by atoms with Crippen LogP contribution < -0.4 is 5.73 Å². The minimum atomic E-state index is -3.58. The monoisotopic (exact) mass is 354 g/mol. The summed E-state index contributed by atoms with van der Waals surface area (Å²) in [7, 11) is -2.33. The molecule has 0 bridgehead atoms. The third-order valence-electron chi connectivity index (χ3n) is 2.54. The molecule has 0 atom stereocenters. The van der Waals surface area contributed by atoms with Crippen molar-refractivity contribution >= 4 is 43.3 Å². The Morgan fingerprint density at radius 3 is 2.72 bits per heavy atom. The normalized spacial score (nSPS) is 17.5. The second kappa shape index (κ2) is 4.89. The van der Waals surface area contributed by atoms with Crippen molar-refractivity contribution in [3.05, 3.63) is 14.7 Å². The number of carbonyl (C=O) groups is 1. The van der Waals surface area contributed by atoms with Crippen LogP contribution in [0.3, 0.4) is 0 Å². The number of nitrogens with two attached hydrogens (primary N) is 1. The zero-order valence-corrected chi connectivity index (χ0v) is 12.6. The minimum absolute atomic E-state index is 0.0831. The number of hydrogen-bond donors (Lipinski definition) is 1. The standard InChI is InChI=1S/C9H11BrN2O4S2/c1-16-9(13)6-2-7(8(10)17-6)18(14,15)12-3-5(11)4-12/h2,5H,3-4,11H2,1H3. The van der Waals surface area contributed by atoms with Crippen molar-refractivity contribution in [3.63, 3.8) is 0 Å². The van der Waals surface area contributed by atoms with Crippen LogP contribution in [0.25, 0.3) is 0 Å². The summed E-state index contributed by atoms with van der Waals surface area (Å²) in [6.45, 7) is 0.607. The number of nitrogens with zero attached hydrogens (tertiary/aromatic N) is 1. The average Bonchev–Trinajstić information content (AvgIpc) is 2.66. The van der Waals surface area contributed by atoms with Gasteiger partial charge in [-0.3, -0.25) is 0 Å². The Morgan fingerprint density at radius 2 is 2.22 bits per heavy atom. The molecule has 0 aliphatic carbocycles. The third-order valence-corrected chi connectivity index (χ3v) is 6.60. The molecule has 0 amide bonds. The first-order valence-corrected chi connectivity index (χ1v) is 8.04. The van der Waals surface area contributed by atoms with Gasteiger partial charge in [-0.15, -0.1) is 11.3 Å². The molecule has 1 aliphatic rings. The van der Waals surface area contributed by atoms with E-state index in [1.54, 1.807) is 0 Å². The maximum atomic E-state index is 12.2. The molecule has 1 fully saturated rings. The Kier molecular flexibility index (Phi) is 3.79. The Balaban J connectivity index is 2.33. The minimum Gasteiger partial charge on any atom is -0.465 e. The van der Waals surface area contributed by atoms with Gasteiger partial charge in [-0.05, 0) is 22.0 Å². The van der Waals surface area contributed by atoms with Crippen molar-refractivity contribution in [1.29, 1.82) is 0 Å². The molecule has 1 aromatic rings. The number of thiophene rings is 1. The Hall–Kier alpha value is -0.480. The molecule has 1 aliphatic heterocycles. The van der Waals surface area contributed by atoms with Crippen LogP contribution in [-0.2, 0) is 14.8 Å². The first-order valence-electron chi connectivity index (χ1n) is 4.99. The van der Waals surface area contributed by atoms with Crippen molar-refractivity contribution in [2.45, 2.75) is 10.9 Å². The number of ether oxygens (including phenoxy) is 1. The summed E-state index contributed by atoms with van der Waals surface area (Å²) in [4.78, 5) is 11.7. The average molecular weight is 355 g/mol. The van der Waals surface area contributed by atoms with Gasteiger partial charge >= 0.3 is 5.97 Å². The van der Waals surface area contributed by atoms with E-state index in [9.17, 15) is 13.2 Å². The number of hydrogen-bond acceptors (Lipinski definition) is 6. The highest BCUT2D eigenvalue weighted by Gasteiger charge is 2.37. The number of carbonyl (C=O) groups excluding carboxylic acids is 1. The molecule has 2 N–H and O–H groups in total. The molecule has 0 aromatic carbocycles. The van der Waals surface area contributed by atoms with Gasteiger partial charge < -0.3 is 10.5 Å². The zero-order valence-electron chi connectivity index (χ0n) is 9.42. The van der Waals surface area contributed by atoms with E-state index >= 15 is 0 Å². The molecule has 2 heterocycles. The lowest BCUT2D eigenvalue weighted by Crippen LogP contribution is -2.57. The lowest BCUT2D eigenvalue weighted by Gasteiger charge is -2.35. The number of rotatable bonds is 3. The Labute approximate surface area is 117 Å². The molecule has 0 unspecified atom stereocenters. The predicted molar refractivity (Wildman–Crippen MR) is 70.1 cm³/mol. The summed E-state index contributed by atoms with van der Waals surface area (Å²) in [6.07, 6.45) is 0. The number of sulfonamides is 1. The van der Waals surface area contributed by atoms with Crippen molar-refractivity contribution in [2.24, 2.45) is 5.73 Å². The summed E-state index contributed by atoms with van der Waals surface area (Å²) in [5.74, 6) is -0.553. The van der Waals surface area contributed by atoms with Gasteiger partial charge in [0.15, 0.2) is 0 Å². The van der Waals surface area contributed by atoms with Crippen LogP contribution in [0.15, 0.2) is 14.7 Å². The SMILES string of the molecule is COC(=O)c1cc(S(=O)(=O)N2CC(N)C2)c(Br)s1. The van der Waals surface area contributed by atoms with E-state index < -0.39 is 16.0 Å². The molecular weight excluding hydrogens is 344 g/mol. The van der Waals surface area contributed by atoms with Crippen LogP contribution in [0.4, 0.5) is 0 Å². The first-order chi connectivity index (χ1) is 8.36. The van der Waals surface area contributed by atoms with Crippen LogP contribution in [0.5, 0.6) is 0 Å². The second-order valence-electron chi connectivity index (χ2n) is 3.82. The van der Waals surface area contributed by atoms with Crippen molar-refractivity contribution in [2.75, 3.05) is 20.2 Å². The van der Waals surface area contributed by atoms with E-state index in [4.69, 9.17) is 5.73 Å². The molecule has 0 spiro atoms. The molecule has 6 nitrogen and oxygen atoms in total. The van der Waals surface area contributed by atoms with Gasteiger partial charge in [0.1, 0.15) is 9.77 Å². The second-order valence-corrected chi connectivity index (χ2v) is 8.10. The fourth-order valence-corrected chi connectivity index (χ4v) is 5.52. The van der Waals surface area contributed by atoms with E-state index in [0.29, 0.717) is 16.9 Å². The van der Waals surface area contributed by atoms with Crippen LogP contribution in [0.1, 0.15) is 9.67 Å². The van der Waals surface area contributed by atoms with Gasteiger partial charge in [0, 0.05) is 19.1 Å². The summed E-state index contributed by atoms with van der Waals surface area (Å²) < 4.78 is 30.6. The maximum Gasteiger partial charge on any atom is 0.348 e. The van der Waals surface area contributed by atoms with Crippen molar-refractivity contribution in [1.82, 2.24) is 4.31 Å². The fourth-order valence-electron chi connectivity index (χ4n) is 1.53. The quantitative estimate of drug-likeness (QED) is 0.804. The highest BCUT2D eigenvalue weighted by atomic mass is 79.9. The van der Waals surface area contributed by atoms with Gasteiger partial charge in [-0.1, -0.05) is 0 Å². The molecule has 9 heteroatoms. The molecule has 1 saturated heterocycles. The summed E-state index contributed by atoms with van der Waals surface area (Å²) in [5.41, 5.74) is 5.57. The third kappa shape index (κ3) is 2.32. The van der Waals surface area contributed by atoms with E-state index in [0.717, 1.165) is 11.3 Å². The maximum absolute atomic E-state index is 12.2. The predicted octanol–water partition coefficient (Wildman–Crippen LogP) is 0.629. The Morgan fingerprint density at radius 1 is 1.61 bits per heavy atom. The summed E-state index contributed by atoms with van der Waals surface area (Å²) in [5, 5.41) is 0. The smallest absolute Gasteiger partial charge is 0.348 e. The molecule has 18 heavy (non-hydrogen) atoms. The number of halogens is 1. The molecule has 0 saturated carbocycles. The van der Waals surface area contributed by atoms with Crippen LogP contribution >= 0.6 is 27.3 Å². The lowest BCUT2D eigenvalue weighted by atomic mass is 10.2. The van der Waals surface area contributed by atoms with Crippen LogP contribution in [-0.4, -0.2) is 44.9 Å². The summed E-state index contributed by atoms with van der Waals surface area (Å²) >= 11 is 4.19. The van der Waals surface area contributed by atoms with E-state index in [1.807, 2.05) is 0 Å². The molecule has 0 radical (unpaired) electrons. The summed E-state index contributed by atoms with van der Waals surface area (Å²) in [6, 6.07) is 1.21. The largest absolute Gasteiger partial charge is 0.465 e. The highest BCUT2D eigenvalue weighted by Crippen LogP contribution is 2.34. The molecule has 1 aromatic heterocycles. The van der Waals surface area contributed by atoms with Crippen LogP contribution in [0.2, 0.25) is 0 Å². The van der Waals surface area contributed by atoms with Gasteiger partial charge in [0.05, 0.1) is 10.9 Å². The van der Waals surface area contributed by atoms with Crippen molar-refractivity contribution < 1.29 is 17.9 Å². The molecule has 100 valence electrons. The van der Waals surface area contributed by atoms with Gasteiger partial charge in [0.25, 0.3) is 0 Å². The van der Waals surface area contributed by atoms with Crippen LogP contribution in [0, 0.1) is 0 Å².